The van der Waals surface area contributed by atoms with E-state index in [9.17, 15) is 4.79 Å². The van der Waals surface area contributed by atoms with E-state index in [4.69, 9.17) is 5.73 Å². The third-order valence-electron chi connectivity index (χ3n) is 1.44. The summed E-state index contributed by atoms with van der Waals surface area (Å²) < 4.78 is 0. The van der Waals surface area contributed by atoms with Crippen molar-refractivity contribution in [1.82, 2.24) is 15.3 Å². The van der Waals surface area contributed by atoms with Crippen LogP contribution in [0, 0.1) is 6.92 Å². The van der Waals surface area contributed by atoms with Gasteiger partial charge in [0.25, 0.3) is 0 Å². The van der Waals surface area contributed by atoms with Crippen LogP contribution >= 0.6 is 0 Å². The van der Waals surface area contributed by atoms with Crippen LogP contribution in [0.1, 0.15) is 11.4 Å². The molecule has 0 saturated carbocycles. The van der Waals surface area contributed by atoms with Crippen LogP contribution in [-0.2, 0) is 11.3 Å². The number of rotatable bonds is 4. The Morgan fingerprint density at radius 2 is 2.31 bits per heavy atom. The van der Waals surface area contributed by atoms with Gasteiger partial charge in [-0.2, -0.15) is 0 Å². The molecule has 1 aromatic rings. The van der Waals surface area contributed by atoms with Crippen molar-refractivity contribution in [2.24, 2.45) is 5.73 Å². The molecule has 5 heteroatoms. The van der Waals surface area contributed by atoms with E-state index in [1.165, 1.54) is 0 Å². The molecule has 13 heavy (non-hydrogen) atoms. The first-order valence-corrected chi connectivity index (χ1v) is 3.95. The number of nitrogens with one attached hydrogen (secondary N) is 1. The Labute approximate surface area is 76.4 Å². The molecule has 1 amide bonds. The van der Waals surface area contributed by atoms with Crippen molar-refractivity contribution in [1.29, 1.82) is 0 Å². The summed E-state index contributed by atoms with van der Waals surface area (Å²) in [6.07, 6.45) is 3.35. The van der Waals surface area contributed by atoms with Crippen LogP contribution in [0.4, 0.5) is 0 Å². The summed E-state index contributed by atoms with van der Waals surface area (Å²) >= 11 is 0. The van der Waals surface area contributed by atoms with E-state index in [0.717, 1.165) is 11.4 Å². The highest BCUT2D eigenvalue weighted by Crippen LogP contribution is 1.92. The van der Waals surface area contributed by atoms with Crippen LogP contribution in [0.25, 0.3) is 0 Å². The number of aromatic nitrogens is 2. The number of nitrogens with zero attached hydrogens (tertiary/aromatic N) is 2. The molecule has 0 radical (unpaired) electrons. The monoisotopic (exact) mass is 180 g/mol. The van der Waals surface area contributed by atoms with Gasteiger partial charge in [-0.1, -0.05) is 0 Å². The maximum atomic E-state index is 10.4. The Bertz CT molecular complexity index is 283. The topological polar surface area (TPSA) is 80.9 Å². The number of primary amides is 1. The van der Waals surface area contributed by atoms with Gasteiger partial charge in [-0.3, -0.25) is 14.8 Å². The number of carbonyl (C=O) groups is 1. The number of aryl methyl sites for hydroxylation is 1. The van der Waals surface area contributed by atoms with E-state index in [0.29, 0.717) is 6.54 Å². The van der Waals surface area contributed by atoms with Crippen molar-refractivity contribution in [2.45, 2.75) is 13.5 Å². The van der Waals surface area contributed by atoms with Crippen LogP contribution in [0.5, 0.6) is 0 Å². The standard InChI is InChI=1S/C8H12N4O/c1-6-2-12-7(4-11-6)3-10-5-8(9)13/h2,4,10H,3,5H2,1H3,(H2,9,13). The van der Waals surface area contributed by atoms with Gasteiger partial charge in [0.1, 0.15) is 0 Å². The minimum atomic E-state index is -0.375. The Hall–Kier alpha value is -1.49. The van der Waals surface area contributed by atoms with Crippen LogP contribution < -0.4 is 11.1 Å². The van der Waals surface area contributed by atoms with Crippen molar-refractivity contribution in [3.05, 3.63) is 23.8 Å². The highest BCUT2D eigenvalue weighted by Gasteiger charge is 1.96. The second kappa shape index (κ2) is 4.51. The van der Waals surface area contributed by atoms with Crippen molar-refractivity contribution in [2.75, 3.05) is 6.54 Å². The fraction of sp³-hybridized carbons (Fsp3) is 0.375. The summed E-state index contributed by atoms with van der Waals surface area (Å²) in [5.74, 6) is -0.375. The summed E-state index contributed by atoms with van der Waals surface area (Å²) in [7, 11) is 0. The maximum absolute atomic E-state index is 10.4. The number of hydrogen-bond acceptors (Lipinski definition) is 4. The molecule has 1 aromatic heterocycles. The normalized spacial score (nSPS) is 9.92. The lowest BCUT2D eigenvalue weighted by atomic mass is 10.4. The Kier molecular flexibility index (Phi) is 3.33. The second-order valence-electron chi connectivity index (χ2n) is 2.72. The molecular formula is C8H12N4O. The van der Waals surface area contributed by atoms with Crippen molar-refractivity contribution >= 4 is 5.91 Å². The highest BCUT2D eigenvalue weighted by molar-refractivity contribution is 5.75. The molecule has 0 atom stereocenters. The SMILES string of the molecule is Cc1cnc(CNCC(N)=O)cn1. The zero-order chi connectivity index (χ0) is 9.68. The third kappa shape index (κ3) is 3.62. The first kappa shape index (κ1) is 9.60. The zero-order valence-electron chi connectivity index (χ0n) is 7.45. The first-order valence-electron chi connectivity index (χ1n) is 3.95. The molecule has 0 fully saturated rings. The van der Waals surface area contributed by atoms with Crippen molar-refractivity contribution in [3.63, 3.8) is 0 Å². The number of amides is 1. The Balaban J connectivity index is 2.37. The number of nitrogens with two attached hydrogens (primary N) is 1. The lowest BCUT2D eigenvalue weighted by Gasteiger charge is -2.00. The van der Waals surface area contributed by atoms with Gasteiger partial charge in [0.2, 0.25) is 5.91 Å². The van der Waals surface area contributed by atoms with E-state index in [1.54, 1.807) is 12.4 Å². The van der Waals surface area contributed by atoms with Crippen LogP contribution in [-0.4, -0.2) is 22.4 Å². The van der Waals surface area contributed by atoms with Gasteiger partial charge < -0.3 is 11.1 Å². The quantitative estimate of drug-likeness (QED) is 0.645. The molecule has 0 aromatic carbocycles. The molecular weight excluding hydrogens is 168 g/mol. The second-order valence-corrected chi connectivity index (χ2v) is 2.72. The van der Waals surface area contributed by atoms with Crippen LogP contribution in [0.2, 0.25) is 0 Å². The Morgan fingerprint density at radius 1 is 1.54 bits per heavy atom. The molecule has 70 valence electrons. The maximum Gasteiger partial charge on any atom is 0.231 e. The van der Waals surface area contributed by atoms with Gasteiger partial charge in [-0.25, -0.2) is 0 Å². The zero-order valence-corrected chi connectivity index (χ0v) is 7.45. The molecule has 0 aliphatic heterocycles. The third-order valence-corrected chi connectivity index (χ3v) is 1.44. The predicted octanol–water partition coefficient (Wildman–Crippen LogP) is -0.640. The number of carbonyl (C=O) groups excluding carboxylic acids is 1. The average molecular weight is 180 g/mol. The van der Waals surface area contributed by atoms with Gasteiger partial charge in [0.05, 0.1) is 17.9 Å². The van der Waals surface area contributed by atoms with E-state index in [2.05, 4.69) is 15.3 Å². The summed E-state index contributed by atoms with van der Waals surface area (Å²) in [6, 6.07) is 0. The largest absolute Gasteiger partial charge is 0.369 e. The number of hydrogen-bond donors (Lipinski definition) is 2. The van der Waals surface area contributed by atoms with Gasteiger partial charge in [0.15, 0.2) is 0 Å². The smallest absolute Gasteiger partial charge is 0.231 e. The molecule has 0 unspecified atom stereocenters. The van der Waals surface area contributed by atoms with E-state index in [1.807, 2.05) is 6.92 Å². The summed E-state index contributed by atoms with van der Waals surface area (Å²) in [5.41, 5.74) is 6.62. The fourth-order valence-electron chi connectivity index (χ4n) is 0.824. The van der Waals surface area contributed by atoms with E-state index >= 15 is 0 Å². The molecule has 1 rings (SSSR count). The van der Waals surface area contributed by atoms with Gasteiger partial charge in [-0.15, -0.1) is 0 Å². The molecule has 0 aliphatic rings. The minimum Gasteiger partial charge on any atom is -0.369 e. The van der Waals surface area contributed by atoms with E-state index in [-0.39, 0.29) is 12.5 Å². The molecule has 0 spiro atoms. The molecule has 0 saturated heterocycles. The lowest BCUT2D eigenvalue weighted by molar-refractivity contribution is -0.117. The van der Waals surface area contributed by atoms with Gasteiger partial charge in [-0.05, 0) is 6.92 Å². The molecule has 1 heterocycles. The first-order chi connectivity index (χ1) is 6.18. The van der Waals surface area contributed by atoms with Crippen molar-refractivity contribution in [3.8, 4) is 0 Å². The van der Waals surface area contributed by atoms with Crippen molar-refractivity contribution < 1.29 is 4.79 Å². The summed E-state index contributed by atoms with van der Waals surface area (Å²) in [6.45, 7) is 2.54. The summed E-state index contributed by atoms with van der Waals surface area (Å²) in [4.78, 5) is 18.5. The average Bonchev–Trinajstić information content (AvgIpc) is 2.08. The highest BCUT2D eigenvalue weighted by atomic mass is 16.1. The summed E-state index contributed by atoms with van der Waals surface area (Å²) in [5, 5.41) is 2.84. The van der Waals surface area contributed by atoms with Gasteiger partial charge in [0, 0.05) is 18.9 Å². The van der Waals surface area contributed by atoms with Crippen LogP contribution in [0.15, 0.2) is 12.4 Å². The lowest BCUT2D eigenvalue weighted by Crippen LogP contribution is -2.28. The fourth-order valence-corrected chi connectivity index (χ4v) is 0.824. The molecule has 0 bridgehead atoms. The Morgan fingerprint density at radius 3 is 2.85 bits per heavy atom. The predicted molar refractivity (Wildman–Crippen MR) is 47.7 cm³/mol. The molecule has 3 N–H and O–H groups in total. The van der Waals surface area contributed by atoms with Crippen LogP contribution in [0.3, 0.4) is 0 Å². The molecule has 0 aliphatic carbocycles. The molecule has 5 nitrogen and oxygen atoms in total. The van der Waals surface area contributed by atoms with Gasteiger partial charge >= 0.3 is 0 Å². The van der Waals surface area contributed by atoms with E-state index < -0.39 is 0 Å². The minimum absolute atomic E-state index is 0.162.